The smallest absolute Gasteiger partial charge is 0.271 e. The molecule has 1 aromatic carbocycles. The van der Waals surface area contributed by atoms with E-state index in [2.05, 4.69) is 33.4 Å². The van der Waals surface area contributed by atoms with Gasteiger partial charge in [-0.2, -0.15) is 0 Å². The number of halogens is 2. The maximum atomic E-state index is 12.2. The number of amides is 1. The molecule has 2 aromatic rings. The van der Waals surface area contributed by atoms with E-state index >= 15 is 0 Å². The van der Waals surface area contributed by atoms with Gasteiger partial charge in [-0.3, -0.25) is 9.69 Å². The molecule has 1 saturated heterocycles. The number of nitrogens with two attached hydrogens (primary N) is 1. The van der Waals surface area contributed by atoms with E-state index < -0.39 is 0 Å². The molecule has 0 bridgehead atoms. The van der Waals surface area contributed by atoms with E-state index in [0.29, 0.717) is 18.8 Å². The molecule has 3 N–H and O–H groups in total. The lowest BCUT2D eigenvalue weighted by atomic mass is 10.1. The van der Waals surface area contributed by atoms with Crippen molar-refractivity contribution in [2.24, 2.45) is 5.73 Å². The van der Waals surface area contributed by atoms with Gasteiger partial charge in [-0.1, -0.05) is 24.3 Å². The highest BCUT2D eigenvalue weighted by atomic mass is 35.5. The van der Waals surface area contributed by atoms with Gasteiger partial charge in [0.1, 0.15) is 10.7 Å². The third-order valence-corrected chi connectivity index (χ3v) is 4.98. The van der Waals surface area contributed by atoms with Crippen molar-refractivity contribution in [2.45, 2.75) is 32.5 Å². The maximum Gasteiger partial charge on any atom is 0.271 e. The van der Waals surface area contributed by atoms with Gasteiger partial charge in [0.05, 0.1) is 0 Å². The van der Waals surface area contributed by atoms with Crippen LogP contribution in [0, 0.1) is 0 Å². The average Bonchev–Trinajstić information content (AvgIpc) is 3.25. The molecular formula is C17H24Cl2N4OS. The Balaban J connectivity index is 0.00000156. The first kappa shape index (κ1) is 21.9. The minimum Gasteiger partial charge on any atom is -0.347 e. The molecule has 138 valence electrons. The van der Waals surface area contributed by atoms with Crippen LogP contribution in [0.15, 0.2) is 29.6 Å². The van der Waals surface area contributed by atoms with Gasteiger partial charge in [0.25, 0.3) is 5.91 Å². The molecular weight excluding hydrogens is 379 g/mol. The molecule has 0 unspecified atom stereocenters. The van der Waals surface area contributed by atoms with E-state index in [-0.39, 0.29) is 30.7 Å². The molecule has 0 atom stereocenters. The van der Waals surface area contributed by atoms with E-state index in [0.717, 1.165) is 11.6 Å². The molecule has 2 heterocycles. The van der Waals surface area contributed by atoms with Gasteiger partial charge in [-0.05, 0) is 37.1 Å². The molecule has 0 aliphatic carbocycles. The van der Waals surface area contributed by atoms with Crippen molar-refractivity contribution in [3.05, 3.63) is 51.5 Å². The maximum absolute atomic E-state index is 12.2. The third kappa shape index (κ3) is 5.94. The topological polar surface area (TPSA) is 71.2 Å². The number of carbonyl (C=O) groups is 1. The molecule has 0 saturated carbocycles. The quantitative estimate of drug-likeness (QED) is 0.778. The van der Waals surface area contributed by atoms with Crippen molar-refractivity contribution < 1.29 is 4.79 Å². The van der Waals surface area contributed by atoms with Crippen molar-refractivity contribution in [1.82, 2.24) is 15.2 Å². The van der Waals surface area contributed by atoms with Gasteiger partial charge in [-0.25, -0.2) is 4.98 Å². The zero-order valence-electron chi connectivity index (χ0n) is 13.9. The lowest BCUT2D eigenvalue weighted by Gasteiger charge is -2.17. The molecule has 8 heteroatoms. The fourth-order valence-electron chi connectivity index (χ4n) is 2.84. The number of hydrogen-bond acceptors (Lipinski definition) is 5. The number of thiazole rings is 1. The summed E-state index contributed by atoms with van der Waals surface area (Å²) in [4.78, 5) is 18.9. The van der Waals surface area contributed by atoms with Crippen LogP contribution in [0.5, 0.6) is 0 Å². The summed E-state index contributed by atoms with van der Waals surface area (Å²) in [6, 6.07) is 8.31. The Morgan fingerprint density at radius 1 is 1.20 bits per heavy atom. The summed E-state index contributed by atoms with van der Waals surface area (Å²) >= 11 is 1.42. The van der Waals surface area contributed by atoms with Gasteiger partial charge in [-0.15, -0.1) is 36.2 Å². The Kier molecular flexibility index (Phi) is 9.38. The summed E-state index contributed by atoms with van der Waals surface area (Å²) in [7, 11) is 0. The summed E-state index contributed by atoms with van der Waals surface area (Å²) in [5, 5.41) is 5.50. The monoisotopic (exact) mass is 402 g/mol. The SMILES string of the molecule is Cl.Cl.NCc1nc(C(=O)NCc2ccccc2CN2CCCC2)cs1. The number of aromatic nitrogens is 1. The lowest BCUT2D eigenvalue weighted by Crippen LogP contribution is -2.25. The molecule has 1 aromatic heterocycles. The standard InChI is InChI=1S/C17H22N4OS.2ClH/c18-9-16-20-15(12-23-16)17(22)19-10-13-5-1-2-6-14(13)11-21-7-3-4-8-21;;/h1-2,5-6,12H,3-4,7-11,18H2,(H,19,22);2*1H. The number of carbonyl (C=O) groups excluding carboxylic acids is 1. The second-order valence-electron chi connectivity index (χ2n) is 5.77. The summed E-state index contributed by atoms with van der Waals surface area (Å²) in [6.07, 6.45) is 2.57. The molecule has 1 fully saturated rings. The number of nitrogens with zero attached hydrogens (tertiary/aromatic N) is 2. The predicted octanol–water partition coefficient (Wildman–Crippen LogP) is 2.97. The Bertz CT molecular complexity index is 674. The van der Waals surface area contributed by atoms with Crippen molar-refractivity contribution >= 4 is 42.1 Å². The van der Waals surface area contributed by atoms with Crippen molar-refractivity contribution in [3.63, 3.8) is 0 Å². The van der Waals surface area contributed by atoms with Gasteiger partial charge in [0.2, 0.25) is 0 Å². The van der Waals surface area contributed by atoms with Crippen LogP contribution in [0.25, 0.3) is 0 Å². The Morgan fingerprint density at radius 2 is 1.88 bits per heavy atom. The van der Waals surface area contributed by atoms with Crippen LogP contribution >= 0.6 is 36.2 Å². The predicted molar refractivity (Wildman–Crippen MR) is 107 cm³/mol. The highest BCUT2D eigenvalue weighted by Crippen LogP contribution is 2.16. The Morgan fingerprint density at radius 3 is 2.52 bits per heavy atom. The molecule has 1 aliphatic rings. The van der Waals surface area contributed by atoms with Gasteiger partial charge >= 0.3 is 0 Å². The van der Waals surface area contributed by atoms with Crippen LogP contribution < -0.4 is 11.1 Å². The summed E-state index contributed by atoms with van der Waals surface area (Å²) in [5.41, 5.74) is 8.45. The molecule has 5 nitrogen and oxygen atoms in total. The number of benzene rings is 1. The molecule has 3 rings (SSSR count). The summed E-state index contributed by atoms with van der Waals surface area (Å²) in [6.45, 7) is 4.19. The fourth-order valence-corrected chi connectivity index (χ4v) is 3.50. The molecule has 1 aliphatic heterocycles. The van der Waals surface area contributed by atoms with Crippen LogP contribution in [0.1, 0.15) is 39.5 Å². The van der Waals surface area contributed by atoms with Crippen molar-refractivity contribution in [1.29, 1.82) is 0 Å². The summed E-state index contributed by atoms with van der Waals surface area (Å²) < 4.78 is 0. The van der Waals surface area contributed by atoms with Crippen LogP contribution in [0.3, 0.4) is 0 Å². The van der Waals surface area contributed by atoms with Crippen LogP contribution in [-0.4, -0.2) is 28.9 Å². The fraction of sp³-hybridized carbons (Fsp3) is 0.412. The minimum absolute atomic E-state index is 0. The number of hydrogen-bond donors (Lipinski definition) is 2. The van der Waals surface area contributed by atoms with Crippen molar-refractivity contribution in [2.75, 3.05) is 13.1 Å². The minimum atomic E-state index is -0.142. The van der Waals surface area contributed by atoms with Gasteiger partial charge < -0.3 is 11.1 Å². The molecule has 0 radical (unpaired) electrons. The number of rotatable bonds is 6. The van der Waals surface area contributed by atoms with E-state index in [4.69, 9.17) is 5.73 Å². The number of nitrogens with one attached hydrogen (secondary N) is 1. The van der Waals surface area contributed by atoms with Crippen molar-refractivity contribution in [3.8, 4) is 0 Å². The molecule has 0 spiro atoms. The Hall–Kier alpha value is -1.18. The molecule has 1 amide bonds. The van der Waals surface area contributed by atoms with E-state index in [9.17, 15) is 4.79 Å². The van der Waals surface area contributed by atoms with Gasteiger partial charge in [0, 0.05) is 25.0 Å². The normalized spacial score (nSPS) is 13.8. The second-order valence-corrected chi connectivity index (χ2v) is 6.71. The third-order valence-electron chi connectivity index (χ3n) is 4.11. The lowest BCUT2D eigenvalue weighted by molar-refractivity contribution is 0.0946. The first-order valence-electron chi connectivity index (χ1n) is 7.98. The highest BCUT2D eigenvalue weighted by molar-refractivity contribution is 7.09. The Labute approximate surface area is 164 Å². The van der Waals surface area contributed by atoms with E-state index in [1.807, 2.05) is 6.07 Å². The highest BCUT2D eigenvalue weighted by Gasteiger charge is 2.14. The zero-order valence-corrected chi connectivity index (χ0v) is 16.4. The largest absolute Gasteiger partial charge is 0.347 e. The van der Waals surface area contributed by atoms with Crippen LogP contribution in [-0.2, 0) is 19.6 Å². The molecule has 25 heavy (non-hydrogen) atoms. The zero-order chi connectivity index (χ0) is 16.1. The van der Waals surface area contributed by atoms with Gasteiger partial charge in [0.15, 0.2) is 0 Å². The first-order valence-corrected chi connectivity index (χ1v) is 8.86. The summed E-state index contributed by atoms with van der Waals surface area (Å²) in [5.74, 6) is -0.142. The van der Waals surface area contributed by atoms with E-state index in [1.165, 1.54) is 48.4 Å². The van der Waals surface area contributed by atoms with Crippen LogP contribution in [0.2, 0.25) is 0 Å². The van der Waals surface area contributed by atoms with Crippen LogP contribution in [0.4, 0.5) is 0 Å². The first-order chi connectivity index (χ1) is 11.3. The number of likely N-dealkylation sites (tertiary alicyclic amines) is 1. The van der Waals surface area contributed by atoms with E-state index in [1.54, 1.807) is 5.38 Å². The second kappa shape index (κ2) is 10.7. The average molecular weight is 403 g/mol.